The standard InChI is InChI=1S/C43H79O13P/c1-3-5-7-9-11-13-15-17-18-20-21-23-25-27-29-31-36(44)53-33-35(34-54-57(51,52)56-43-41(49)39(47)38(46)40(48)42(43)50)55-37(45)32-30-28-26-24-22-19-16-14-12-10-8-6-4-2/h17-19,22,35,38-43,46-50H,3-16,20-21,23-34H2,1-2H3,(H,51,52)/b18-17+,22-19+/t35-,38?,39-,40?,41?,42?,43?/m0/s1. The molecule has 6 unspecified atom stereocenters. The van der Waals surface area contributed by atoms with Gasteiger partial charge in [-0.25, -0.2) is 4.57 Å². The van der Waals surface area contributed by atoms with E-state index >= 15 is 0 Å². The SMILES string of the molecule is CCCCCCCC/C=C/CCCCCCCC(=O)OC[C@@H](COP(=O)(O)OC1C(O)C(O)C(O)[C@H](O)C1O)OC(=O)CCCCC/C=C/CCCCCCCC. The molecule has 14 heteroatoms. The third-order valence-corrected chi connectivity index (χ3v) is 11.3. The topological polar surface area (TPSA) is 210 Å². The highest BCUT2D eigenvalue weighted by atomic mass is 31.2. The van der Waals surface area contributed by atoms with Gasteiger partial charge in [-0.3, -0.25) is 18.6 Å². The van der Waals surface area contributed by atoms with Crippen LogP contribution in [0, 0.1) is 0 Å². The number of hydrogen-bond acceptors (Lipinski definition) is 12. The van der Waals surface area contributed by atoms with Gasteiger partial charge < -0.3 is 39.9 Å². The molecule has 0 heterocycles. The Bertz CT molecular complexity index is 1100. The van der Waals surface area contributed by atoms with E-state index < -0.39 is 75.7 Å². The quantitative estimate of drug-likeness (QED) is 0.0153. The molecule has 0 amide bonds. The van der Waals surface area contributed by atoms with Crippen molar-refractivity contribution < 1.29 is 63.1 Å². The average molecular weight is 835 g/mol. The molecule has 1 saturated carbocycles. The van der Waals surface area contributed by atoms with Crippen molar-refractivity contribution in [1.29, 1.82) is 0 Å². The fraction of sp³-hybridized carbons (Fsp3) is 0.860. The fourth-order valence-electron chi connectivity index (χ4n) is 6.63. The molecule has 0 aromatic carbocycles. The Balaban J connectivity index is 2.50. The molecule has 8 atom stereocenters. The number of hydrogen-bond donors (Lipinski definition) is 6. The van der Waals surface area contributed by atoms with Crippen LogP contribution in [-0.2, 0) is 32.7 Å². The number of esters is 2. The van der Waals surface area contributed by atoms with Crippen LogP contribution in [0.3, 0.4) is 0 Å². The molecular weight excluding hydrogens is 755 g/mol. The molecule has 6 N–H and O–H groups in total. The van der Waals surface area contributed by atoms with Crippen LogP contribution >= 0.6 is 7.82 Å². The molecular formula is C43H79O13P. The van der Waals surface area contributed by atoms with Gasteiger partial charge in [-0.05, 0) is 64.2 Å². The minimum absolute atomic E-state index is 0.0761. The van der Waals surface area contributed by atoms with Crippen LogP contribution in [0.2, 0.25) is 0 Å². The van der Waals surface area contributed by atoms with Crippen LogP contribution in [0.5, 0.6) is 0 Å². The monoisotopic (exact) mass is 835 g/mol. The van der Waals surface area contributed by atoms with Gasteiger partial charge in [0.05, 0.1) is 6.61 Å². The molecule has 1 aliphatic carbocycles. The first kappa shape index (κ1) is 53.3. The van der Waals surface area contributed by atoms with Gasteiger partial charge in [-0.1, -0.05) is 128 Å². The Morgan fingerprint density at radius 3 is 1.35 bits per heavy atom. The average Bonchev–Trinajstić information content (AvgIpc) is 3.19. The minimum Gasteiger partial charge on any atom is -0.462 e. The Kier molecular flexibility index (Phi) is 31.9. The maximum absolute atomic E-state index is 12.8. The number of phosphoric acid groups is 1. The van der Waals surface area contributed by atoms with Crippen molar-refractivity contribution in [3.8, 4) is 0 Å². The molecule has 1 aliphatic rings. The van der Waals surface area contributed by atoms with Crippen LogP contribution < -0.4 is 0 Å². The maximum atomic E-state index is 12.8. The predicted octanol–water partition coefficient (Wildman–Crippen LogP) is 8.06. The summed E-state index contributed by atoms with van der Waals surface area (Å²) in [6, 6.07) is 0. The second-order valence-electron chi connectivity index (χ2n) is 15.5. The Hall–Kier alpha value is -1.67. The smallest absolute Gasteiger partial charge is 0.462 e. The van der Waals surface area contributed by atoms with Crippen molar-refractivity contribution >= 4 is 19.8 Å². The molecule has 0 spiro atoms. The third kappa shape index (κ3) is 26.9. The van der Waals surface area contributed by atoms with E-state index in [0.29, 0.717) is 12.8 Å². The third-order valence-electron chi connectivity index (χ3n) is 10.3. The molecule has 1 rings (SSSR count). The van der Waals surface area contributed by atoms with Gasteiger partial charge in [0, 0.05) is 12.8 Å². The van der Waals surface area contributed by atoms with E-state index in [1.54, 1.807) is 0 Å². The molecule has 0 saturated heterocycles. The normalized spacial score (nSPS) is 22.9. The van der Waals surface area contributed by atoms with E-state index in [1.807, 2.05) is 0 Å². The summed E-state index contributed by atoms with van der Waals surface area (Å²) in [6.07, 6.45) is 22.4. The van der Waals surface area contributed by atoms with Gasteiger partial charge in [-0.2, -0.15) is 0 Å². The van der Waals surface area contributed by atoms with Gasteiger partial charge in [0.1, 0.15) is 43.2 Å². The van der Waals surface area contributed by atoms with Gasteiger partial charge in [0.15, 0.2) is 6.10 Å². The highest BCUT2D eigenvalue weighted by Crippen LogP contribution is 2.47. The number of phosphoric ester groups is 1. The Labute approximate surface area is 343 Å². The summed E-state index contributed by atoms with van der Waals surface area (Å²) in [6.45, 7) is 3.25. The summed E-state index contributed by atoms with van der Waals surface area (Å²) in [7, 11) is -5.12. The maximum Gasteiger partial charge on any atom is 0.472 e. The molecule has 13 nitrogen and oxygen atoms in total. The number of aliphatic hydroxyl groups excluding tert-OH is 5. The first-order valence-electron chi connectivity index (χ1n) is 22.1. The van der Waals surface area contributed by atoms with E-state index in [1.165, 1.54) is 77.0 Å². The first-order chi connectivity index (χ1) is 27.4. The van der Waals surface area contributed by atoms with E-state index in [4.69, 9.17) is 18.5 Å². The number of allylic oxidation sites excluding steroid dienone is 4. The molecule has 0 bridgehead atoms. The van der Waals surface area contributed by atoms with Crippen LogP contribution in [0.15, 0.2) is 24.3 Å². The number of carbonyl (C=O) groups is 2. The lowest BCUT2D eigenvalue weighted by molar-refractivity contribution is -0.220. The Morgan fingerprint density at radius 2 is 0.895 bits per heavy atom. The number of carbonyl (C=O) groups excluding carboxylic acids is 2. The fourth-order valence-corrected chi connectivity index (χ4v) is 7.60. The van der Waals surface area contributed by atoms with Crippen LogP contribution in [0.4, 0.5) is 0 Å². The minimum atomic E-state index is -5.12. The van der Waals surface area contributed by atoms with E-state index in [2.05, 4.69) is 38.2 Å². The zero-order valence-electron chi connectivity index (χ0n) is 35.1. The highest BCUT2D eigenvalue weighted by molar-refractivity contribution is 7.47. The molecule has 0 aliphatic heterocycles. The summed E-state index contributed by atoms with van der Waals surface area (Å²) in [5.74, 6) is -1.13. The summed E-state index contributed by atoms with van der Waals surface area (Å²) in [4.78, 5) is 35.6. The van der Waals surface area contributed by atoms with Crippen molar-refractivity contribution in [2.45, 2.75) is 224 Å². The zero-order valence-corrected chi connectivity index (χ0v) is 36.0. The summed E-state index contributed by atoms with van der Waals surface area (Å²) < 4.78 is 33.4. The van der Waals surface area contributed by atoms with Crippen molar-refractivity contribution in [1.82, 2.24) is 0 Å². The number of ether oxygens (including phenoxy) is 2. The molecule has 0 aromatic heterocycles. The van der Waals surface area contributed by atoms with Crippen LogP contribution in [-0.4, -0.2) is 98.3 Å². The zero-order chi connectivity index (χ0) is 42.2. The first-order valence-corrected chi connectivity index (χ1v) is 23.6. The second kappa shape index (κ2) is 34.1. The summed E-state index contributed by atoms with van der Waals surface area (Å²) in [5, 5.41) is 50.0. The lowest BCUT2D eigenvalue weighted by Gasteiger charge is -2.41. The van der Waals surface area contributed by atoms with E-state index in [9.17, 15) is 44.6 Å². The molecule has 0 aromatic rings. The van der Waals surface area contributed by atoms with E-state index in [0.717, 1.165) is 64.2 Å². The molecule has 1 fully saturated rings. The summed E-state index contributed by atoms with van der Waals surface area (Å²) >= 11 is 0. The van der Waals surface area contributed by atoms with Crippen LogP contribution in [0.1, 0.15) is 181 Å². The lowest BCUT2D eigenvalue weighted by Crippen LogP contribution is -2.64. The van der Waals surface area contributed by atoms with Crippen LogP contribution in [0.25, 0.3) is 0 Å². The van der Waals surface area contributed by atoms with Gasteiger partial charge >= 0.3 is 19.8 Å². The second-order valence-corrected chi connectivity index (χ2v) is 16.9. The van der Waals surface area contributed by atoms with Crippen molar-refractivity contribution in [2.75, 3.05) is 13.2 Å². The lowest BCUT2D eigenvalue weighted by atomic mass is 9.85. The van der Waals surface area contributed by atoms with Gasteiger partial charge in [-0.15, -0.1) is 0 Å². The van der Waals surface area contributed by atoms with Crippen molar-refractivity contribution in [3.05, 3.63) is 24.3 Å². The highest BCUT2D eigenvalue weighted by Gasteiger charge is 2.51. The van der Waals surface area contributed by atoms with Gasteiger partial charge in [0.25, 0.3) is 0 Å². The van der Waals surface area contributed by atoms with E-state index in [-0.39, 0.29) is 12.8 Å². The largest absolute Gasteiger partial charge is 0.472 e. The molecule has 334 valence electrons. The molecule has 0 radical (unpaired) electrons. The van der Waals surface area contributed by atoms with Gasteiger partial charge in [0.2, 0.25) is 0 Å². The number of rotatable bonds is 36. The molecule has 57 heavy (non-hydrogen) atoms. The summed E-state index contributed by atoms with van der Waals surface area (Å²) in [5.41, 5.74) is 0. The number of aliphatic hydroxyl groups is 5. The van der Waals surface area contributed by atoms with Crippen molar-refractivity contribution in [2.24, 2.45) is 0 Å². The predicted molar refractivity (Wildman–Crippen MR) is 221 cm³/mol. The number of unbranched alkanes of at least 4 members (excludes halogenated alkanes) is 20. The Morgan fingerprint density at radius 1 is 0.526 bits per heavy atom. The van der Waals surface area contributed by atoms with Crippen molar-refractivity contribution in [3.63, 3.8) is 0 Å².